The van der Waals surface area contributed by atoms with Gasteiger partial charge in [0.25, 0.3) is 5.91 Å². The molecule has 2 rings (SSSR count). The molecule has 1 aromatic heterocycles. The molecule has 0 aliphatic carbocycles. The van der Waals surface area contributed by atoms with Gasteiger partial charge in [0.1, 0.15) is 5.82 Å². The van der Waals surface area contributed by atoms with Crippen LogP contribution in [0.5, 0.6) is 0 Å². The van der Waals surface area contributed by atoms with Crippen molar-refractivity contribution in [2.75, 3.05) is 25.6 Å². The van der Waals surface area contributed by atoms with E-state index in [4.69, 9.17) is 4.74 Å². The number of hydrogen-bond donors (Lipinski definition) is 1. The van der Waals surface area contributed by atoms with Crippen molar-refractivity contribution in [3.63, 3.8) is 0 Å². The normalized spacial score (nSPS) is 20.1. The molecule has 1 aromatic rings. The summed E-state index contributed by atoms with van der Waals surface area (Å²) in [5, 5.41) is 2.99. The topological polar surface area (TPSA) is 54.5 Å². The van der Waals surface area contributed by atoms with Crippen LogP contribution in [0.1, 0.15) is 30.1 Å². The second-order valence-electron chi connectivity index (χ2n) is 5.11. The van der Waals surface area contributed by atoms with Crippen molar-refractivity contribution in [1.29, 1.82) is 0 Å². The predicted molar refractivity (Wildman–Crippen MR) is 74.5 cm³/mol. The zero-order valence-corrected chi connectivity index (χ0v) is 11.7. The van der Waals surface area contributed by atoms with Crippen LogP contribution in [0.25, 0.3) is 0 Å². The Bertz CT molecular complexity index is 442. The highest BCUT2D eigenvalue weighted by Gasteiger charge is 2.24. The minimum atomic E-state index is -0.0755. The first-order valence-electron chi connectivity index (χ1n) is 6.64. The fraction of sp³-hybridized carbons (Fsp3) is 0.571. The lowest BCUT2D eigenvalue weighted by Gasteiger charge is -2.20. The van der Waals surface area contributed by atoms with Crippen LogP contribution in [0.2, 0.25) is 0 Å². The van der Waals surface area contributed by atoms with Gasteiger partial charge in [-0.15, -0.1) is 0 Å². The molecule has 0 radical (unpaired) electrons. The van der Waals surface area contributed by atoms with Crippen molar-refractivity contribution >= 4 is 11.7 Å². The summed E-state index contributed by atoms with van der Waals surface area (Å²) in [6.45, 7) is 2.78. The Morgan fingerprint density at radius 3 is 3.00 bits per heavy atom. The number of carbonyl (C=O) groups is 1. The minimum absolute atomic E-state index is 0.0333. The van der Waals surface area contributed by atoms with E-state index in [1.165, 1.54) is 0 Å². The maximum Gasteiger partial charge on any atom is 0.251 e. The molecule has 5 nitrogen and oxygen atoms in total. The molecule has 1 fully saturated rings. The number of rotatable bonds is 4. The fourth-order valence-corrected chi connectivity index (χ4v) is 2.18. The SMILES string of the molecule is CC(NC(=O)c1ccnc(N(C)C)c1)C1CCCO1. The van der Waals surface area contributed by atoms with Gasteiger partial charge in [0.05, 0.1) is 12.1 Å². The van der Waals surface area contributed by atoms with Gasteiger partial charge in [-0.1, -0.05) is 0 Å². The first-order valence-corrected chi connectivity index (χ1v) is 6.64. The Balaban J connectivity index is 2.00. The Morgan fingerprint density at radius 1 is 1.58 bits per heavy atom. The third-order valence-electron chi connectivity index (χ3n) is 3.35. The summed E-state index contributed by atoms with van der Waals surface area (Å²) < 4.78 is 5.58. The summed E-state index contributed by atoms with van der Waals surface area (Å²) >= 11 is 0. The molecule has 1 N–H and O–H groups in total. The number of pyridine rings is 1. The van der Waals surface area contributed by atoms with Crippen molar-refractivity contribution < 1.29 is 9.53 Å². The van der Waals surface area contributed by atoms with Crippen LogP contribution in [-0.2, 0) is 4.74 Å². The highest BCUT2D eigenvalue weighted by Crippen LogP contribution is 2.16. The van der Waals surface area contributed by atoms with Crippen molar-refractivity contribution in [1.82, 2.24) is 10.3 Å². The van der Waals surface area contributed by atoms with Gasteiger partial charge >= 0.3 is 0 Å². The Kier molecular flexibility index (Phi) is 4.37. The maximum absolute atomic E-state index is 12.2. The second-order valence-corrected chi connectivity index (χ2v) is 5.11. The van der Waals surface area contributed by atoms with Crippen molar-refractivity contribution in [2.24, 2.45) is 0 Å². The summed E-state index contributed by atoms with van der Waals surface area (Å²) in [6, 6.07) is 3.55. The van der Waals surface area contributed by atoms with E-state index < -0.39 is 0 Å². The standard InChI is InChI=1S/C14H21N3O2/c1-10(12-5-4-8-19-12)16-14(18)11-6-7-15-13(9-11)17(2)3/h6-7,9-10,12H,4-5,8H2,1-3H3,(H,16,18). The monoisotopic (exact) mass is 263 g/mol. The smallest absolute Gasteiger partial charge is 0.251 e. The van der Waals surface area contributed by atoms with Crippen LogP contribution >= 0.6 is 0 Å². The first-order chi connectivity index (χ1) is 9.08. The van der Waals surface area contributed by atoms with Crippen molar-refractivity contribution in [3.05, 3.63) is 23.9 Å². The fourth-order valence-electron chi connectivity index (χ4n) is 2.18. The molecule has 1 aliphatic rings. The average Bonchev–Trinajstić information content (AvgIpc) is 2.92. The van der Waals surface area contributed by atoms with E-state index in [0.29, 0.717) is 5.56 Å². The van der Waals surface area contributed by atoms with E-state index in [1.807, 2.05) is 25.9 Å². The van der Waals surface area contributed by atoms with E-state index in [-0.39, 0.29) is 18.1 Å². The van der Waals surface area contributed by atoms with Crippen LogP contribution in [0, 0.1) is 0 Å². The van der Waals surface area contributed by atoms with Crippen LogP contribution in [0.4, 0.5) is 5.82 Å². The molecule has 1 amide bonds. The summed E-state index contributed by atoms with van der Waals surface area (Å²) in [5.74, 6) is 0.700. The molecule has 0 spiro atoms. The minimum Gasteiger partial charge on any atom is -0.376 e. The molecule has 0 bridgehead atoms. The molecule has 2 atom stereocenters. The zero-order valence-electron chi connectivity index (χ0n) is 11.7. The molecule has 1 saturated heterocycles. The van der Waals surface area contributed by atoms with E-state index in [2.05, 4.69) is 10.3 Å². The van der Waals surface area contributed by atoms with E-state index in [1.54, 1.807) is 18.3 Å². The van der Waals surface area contributed by atoms with Gasteiger partial charge in [-0.2, -0.15) is 0 Å². The van der Waals surface area contributed by atoms with Gasteiger partial charge in [0.15, 0.2) is 0 Å². The van der Waals surface area contributed by atoms with Crippen LogP contribution in [0.3, 0.4) is 0 Å². The van der Waals surface area contributed by atoms with Crippen LogP contribution < -0.4 is 10.2 Å². The van der Waals surface area contributed by atoms with E-state index >= 15 is 0 Å². The maximum atomic E-state index is 12.2. The summed E-state index contributed by atoms with van der Waals surface area (Å²) in [6.07, 6.45) is 3.88. The zero-order chi connectivity index (χ0) is 13.8. The highest BCUT2D eigenvalue weighted by atomic mass is 16.5. The highest BCUT2D eigenvalue weighted by molar-refractivity contribution is 5.95. The lowest BCUT2D eigenvalue weighted by molar-refractivity contribution is 0.0712. The Morgan fingerprint density at radius 2 is 2.37 bits per heavy atom. The number of hydrogen-bond acceptors (Lipinski definition) is 4. The molecule has 19 heavy (non-hydrogen) atoms. The number of nitrogens with one attached hydrogen (secondary N) is 1. The largest absolute Gasteiger partial charge is 0.376 e. The van der Waals surface area contributed by atoms with Gasteiger partial charge in [0, 0.05) is 32.5 Å². The molecule has 0 aromatic carbocycles. The third kappa shape index (κ3) is 3.44. The number of aromatic nitrogens is 1. The average molecular weight is 263 g/mol. The first kappa shape index (κ1) is 13.8. The summed E-state index contributed by atoms with van der Waals surface area (Å²) in [4.78, 5) is 18.2. The molecule has 5 heteroatoms. The molecular weight excluding hydrogens is 242 g/mol. The lowest BCUT2D eigenvalue weighted by atomic mass is 10.1. The number of amides is 1. The summed E-state index contributed by atoms with van der Waals surface area (Å²) in [5.41, 5.74) is 0.628. The van der Waals surface area contributed by atoms with Gasteiger partial charge < -0.3 is 15.0 Å². The molecule has 2 heterocycles. The molecule has 1 aliphatic heterocycles. The Hall–Kier alpha value is -1.62. The van der Waals surface area contributed by atoms with Gasteiger partial charge in [-0.25, -0.2) is 4.98 Å². The predicted octanol–water partition coefficient (Wildman–Crippen LogP) is 1.44. The molecule has 0 saturated carbocycles. The van der Waals surface area contributed by atoms with E-state index in [9.17, 15) is 4.79 Å². The van der Waals surface area contributed by atoms with Gasteiger partial charge in [0.2, 0.25) is 0 Å². The molecular formula is C14H21N3O2. The Labute approximate surface area is 114 Å². The number of anilines is 1. The third-order valence-corrected chi connectivity index (χ3v) is 3.35. The quantitative estimate of drug-likeness (QED) is 0.893. The second kappa shape index (κ2) is 6.02. The van der Waals surface area contributed by atoms with Crippen molar-refractivity contribution in [3.8, 4) is 0 Å². The number of ether oxygens (including phenoxy) is 1. The number of carbonyl (C=O) groups excluding carboxylic acids is 1. The van der Waals surface area contributed by atoms with Gasteiger partial charge in [-0.3, -0.25) is 4.79 Å². The van der Waals surface area contributed by atoms with E-state index in [0.717, 1.165) is 25.3 Å². The van der Waals surface area contributed by atoms with Crippen molar-refractivity contribution in [2.45, 2.75) is 31.9 Å². The number of nitrogens with zero attached hydrogens (tertiary/aromatic N) is 2. The molecule has 104 valence electrons. The summed E-state index contributed by atoms with van der Waals surface area (Å²) in [7, 11) is 3.80. The lowest BCUT2D eigenvalue weighted by Crippen LogP contribution is -2.40. The van der Waals surface area contributed by atoms with Crippen LogP contribution in [0.15, 0.2) is 18.3 Å². The van der Waals surface area contributed by atoms with Crippen LogP contribution in [-0.4, -0.2) is 43.7 Å². The van der Waals surface area contributed by atoms with Gasteiger partial charge in [-0.05, 0) is 31.9 Å². The molecule has 2 unspecified atom stereocenters.